The molecule has 6 rings (SSSR count). The van der Waals surface area contributed by atoms with Crippen LogP contribution in [-0.2, 0) is 20.7 Å². The molecule has 1 aliphatic carbocycles. The molecule has 234 valence electrons. The number of anilines is 2. The highest BCUT2D eigenvalue weighted by molar-refractivity contribution is 6.17. The quantitative estimate of drug-likeness (QED) is 0.256. The van der Waals surface area contributed by atoms with Gasteiger partial charge in [-0.25, -0.2) is 9.88 Å². The number of aromatic amines is 1. The summed E-state index contributed by atoms with van der Waals surface area (Å²) in [6.07, 6.45) is 5.31. The van der Waals surface area contributed by atoms with Gasteiger partial charge in [-0.05, 0) is 97.3 Å². The van der Waals surface area contributed by atoms with Crippen molar-refractivity contribution in [1.82, 2.24) is 25.6 Å². The van der Waals surface area contributed by atoms with Crippen LogP contribution in [0.3, 0.4) is 0 Å². The number of imide groups is 1. The first kappa shape index (κ1) is 30.5. The number of H-pyrrole nitrogens is 1. The van der Waals surface area contributed by atoms with E-state index in [2.05, 4.69) is 36.6 Å². The van der Waals surface area contributed by atoms with Crippen LogP contribution in [0.2, 0.25) is 0 Å². The highest BCUT2D eigenvalue weighted by Crippen LogP contribution is 2.32. The maximum atomic E-state index is 13.9. The number of rotatable bonds is 9. The fraction of sp³-hybridized carbons (Fsp3) is 0.394. The lowest BCUT2D eigenvalue weighted by Gasteiger charge is -2.32. The van der Waals surface area contributed by atoms with E-state index in [-0.39, 0.29) is 18.2 Å². The van der Waals surface area contributed by atoms with Gasteiger partial charge in [0, 0.05) is 36.3 Å². The average molecular weight is 610 g/mol. The molecule has 0 radical (unpaired) electrons. The van der Waals surface area contributed by atoms with E-state index >= 15 is 0 Å². The molecule has 5 N–H and O–H groups in total. The van der Waals surface area contributed by atoms with Crippen LogP contribution in [0.5, 0.6) is 0 Å². The number of benzene rings is 2. The molecule has 4 aromatic rings. The van der Waals surface area contributed by atoms with Crippen molar-refractivity contribution in [3.05, 3.63) is 72.4 Å². The van der Waals surface area contributed by atoms with Crippen molar-refractivity contribution >= 4 is 23.3 Å². The molecule has 0 unspecified atom stereocenters. The minimum Gasteiger partial charge on any atom is -0.378 e. The number of amides is 2. The summed E-state index contributed by atoms with van der Waals surface area (Å²) in [4.78, 5) is 36.0. The van der Waals surface area contributed by atoms with E-state index in [0.29, 0.717) is 55.6 Å². The van der Waals surface area contributed by atoms with Gasteiger partial charge in [0.2, 0.25) is 11.7 Å². The number of hydrogen-bond acceptors (Lipinski definition) is 10. The van der Waals surface area contributed by atoms with Crippen molar-refractivity contribution in [2.45, 2.75) is 38.1 Å². The number of morpholine rings is 1. The number of nitrogens with one attached hydrogen (secondary N) is 1. The third kappa shape index (κ3) is 7.08. The van der Waals surface area contributed by atoms with Gasteiger partial charge in [-0.3, -0.25) is 9.59 Å². The standard InChI is InChI=1S/C33H39N9O3/c34-20-23-3-7-26(8-4-23)32(43)42(28-12-9-25(10-13-28)31-37-39-40-38-31)33(44)29(35)19-22-1-5-24(6-2-22)27-11-14-30(36-21-27)41-15-17-45-18-16-41/h1-2,5-6,9-14,21,23,26,29H,3-4,7-8,15-20,34-35H2,(H,37,38,39,40)/t23?,26?,29-/m0/s1. The summed E-state index contributed by atoms with van der Waals surface area (Å²) in [6, 6.07) is 18.1. The second-order valence-electron chi connectivity index (χ2n) is 11.8. The summed E-state index contributed by atoms with van der Waals surface area (Å²) >= 11 is 0. The van der Waals surface area contributed by atoms with Crippen LogP contribution in [0, 0.1) is 11.8 Å². The molecule has 0 bridgehead atoms. The normalized spacial score (nSPS) is 19.2. The van der Waals surface area contributed by atoms with Crippen LogP contribution in [0.15, 0.2) is 66.9 Å². The first-order valence-electron chi connectivity index (χ1n) is 15.6. The topological polar surface area (TPSA) is 169 Å². The van der Waals surface area contributed by atoms with Gasteiger partial charge in [0.1, 0.15) is 5.82 Å². The van der Waals surface area contributed by atoms with Crippen molar-refractivity contribution in [3.8, 4) is 22.5 Å². The number of ether oxygens (including phenoxy) is 1. The van der Waals surface area contributed by atoms with Gasteiger partial charge in [0.15, 0.2) is 0 Å². The lowest BCUT2D eigenvalue weighted by molar-refractivity contribution is -0.130. The second kappa shape index (κ2) is 14.1. The minimum atomic E-state index is -0.911. The molecule has 2 aliphatic rings. The molecule has 2 amide bonds. The Morgan fingerprint density at radius 1 is 0.933 bits per heavy atom. The fourth-order valence-corrected chi connectivity index (χ4v) is 6.11. The summed E-state index contributed by atoms with van der Waals surface area (Å²) < 4.78 is 5.44. The van der Waals surface area contributed by atoms with Crippen molar-refractivity contribution in [2.24, 2.45) is 23.3 Å². The third-order valence-electron chi connectivity index (χ3n) is 8.84. The van der Waals surface area contributed by atoms with Crippen molar-refractivity contribution in [2.75, 3.05) is 42.6 Å². The highest BCUT2D eigenvalue weighted by Gasteiger charge is 2.35. The van der Waals surface area contributed by atoms with E-state index in [1.165, 1.54) is 4.90 Å². The van der Waals surface area contributed by atoms with E-state index in [0.717, 1.165) is 48.4 Å². The lowest BCUT2D eigenvalue weighted by atomic mass is 9.81. The molecule has 2 aromatic heterocycles. The minimum absolute atomic E-state index is 0.221. The zero-order valence-corrected chi connectivity index (χ0v) is 25.2. The highest BCUT2D eigenvalue weighted by atomic mass is 16.5. The number of carbonyl (C=O) groups is 2. The Kier molecular flexibility index (Phi) is 9.53. The number of pyridine rings is 1. The van der Waals surface area contributed by atoms with Gasteiger partial charge in [-0.1, -0.05) is 24.3 Å². The summed E-state index contributed by atoms with van der Waals surface area (Å²) in [7, 11) is 0. The van der Waals surface area contributed by atoms with Crippen LogP contribution in [-0.4, -0.2) is 76.3 Å². The summed E-state index contributed by atoms with van der Waals surface area (Å²) in [5, 5.41) is 14.1. The summed E-state index contributed by atoms with van der Waals surface area (Å²) in [5.41, 5.74) is 16.5. The van der Waals surface area contributed by atoms with Crippen LogP contribution >= 0.6 is 0 Å². The van der Waals surface area contributed by atoms with Crippen LogP contribution in [0.25, 0.3) is 22.5 Å². The Balaban J connectivity index is 1.16. The van der Waals surface area contributed by atoms with Crippen molar-refractivity contribution < 1.29 is 14.3 Å². The number of hydrogen-bond donors (Lipinski definition) is 3. The summed E-state index contributed by atoms with van der Waals surface area (Å²) in [6.45, 7) is 3.71. The van der Waals surface area contributed by atoms with E-state index in [1.54, 1.807) is 24.3 Å². The predicted molar refractivity (Wildman–Crippen MR) is 171 cm³/mol. The predicted octanol–water partition coefficient (Wildman–Crippen LogP) is 2.96. The summed E-state index contributed by atoms with van der Waals surface area (Å²) in [5.74, 6) is 0.871. The maximum absolute atomic E-state index is 13.9. The Labute approximate surface area is 262 Å². The second-order valence-corrected chi connectivity index (χ2v) is 11.8. The number of tetrazole rings is 1. The van der Waals surface area contributed by atoms with Gasteiger partial charge in [-0.15, -0.1) is 10.2 Å². The Hall–Kier alpha value is -4.52. The van der Waals surface area contributed by atoms with Gasteiger partial charge in [-0.2, -0.15) is 5.21 Å². The number of nitrogens with zero attached hydrogens (tertiary/aromatic N) is 6. The fourth-order valence-electron chi connectivity index (χ4n) is 6.11. The molecule has 0 spiro atoms. The molecule has 12 heteroatoms. The zero-order valence-electron chi connectivity index (χ0n) is 25.2. The van der Waals surface area contributed by atoms with E-state index < -0.39 is 11.9 Å². The van der Waals surface area contributed by atoms with E-state index in [4.69, 9.17) is 16.2 Å². The largest absolute Gasteiger partial charge is 0.378 e. The molecule has 45 heavy (non-hydrogen) atoms. The van der Waals surface area contributed by atoms with Crippen LogP contribution in [0.1, 0.15) is 31.2 Å². The number of nitrogens with two attached hydrogens (primary N) is 2. The van der Waals surface area contributed by atoms with Gasteiger partial charge in [0.25, 0.3) is 5.91 Å². The molecule has 2 aromatic carbocycles. The molecular weight excluding hydrogens is 570 g/mol. The van der Waals surface area contributed by atoms with Gasteiger partial charge < -0.3 is 21.1 Å². The first-order valence-corrected chi connectivity index (χ1v) is 15.6. The van der Waals surface area contributed by atoms with Crippen molar-refractivity contribution in [1.29, 1.82) is 0 Å². The number of aromatic nitrogens is 5. The molecule has 2 fully saturated rings. The van der Waals surface area contributed by atoms with E-state index in [9.17, 15) is 9.59 Å². The molecule has 1 aliphatic heterocycles. The molecule has 1 atom stereocenters. The van der Waals surface area contributed by atoms with E-state index in [1.807, 2.05) is 36.5 Å². The zero-order chi connectivity index (χ0) is 31.2. The Morgan fingerprint density at radius 2 is 1.62 bits per heavy atom. The monoisotopic (exact) mass is 609 g/mol. The molecule has 3 heterocycles. The SMILES string of the molecule is NCC1CCC(C(=O)N(C(=O)[C@@H](N)Cc2ccc(-c3ccc(N4CCOCC4)nc3)cc2)c2ccc(-c3nn[nH]n3)cc2)CC1. The first-order chi connectivity index (χ1) is 22.0. The third-order valence-corrected chi connectivity index (χ3v) is 8.84. The van der Waals surface area contributed by atoms with Crippen molar-refractivity contribution in [3.63, 3.8) is 0 Å². The lowest BCUT2D eigenvalue weighted by Crippen LogP contribution is -2.50. The average Bonchev–Trinajstić information content (AvgIpc) is 3.65. The Morgan fingerprint density at radius 3 is 2.24 bits per heavy atom. The van der Waals surface area contributed by atoms with Crippen LogP contribution < -0.4 is 21.3 Å². The maximum Gasteiger partial charge on any atom is 0.251 e. The molecule has 1 saturated carbocycles. The van der Waals surface area contributed by atoms with Gasteiger partial charge in [0.05, 0.1) is 24.9 Å². The smallest absolute Gasteiger partial charge is 0.251 e. The molecular formula is C33H39N9O3. The van der Waals surface area contributed by atoms with Crippen LogP contribution in [0.4, 0.5) is 11.5 Å². The molecule has 12 nitrogen and oxygen atoms in total. The molecule has 1 saturated heterocycles. The number of carbonyl (C=O) groups excluding carboxylic acids is 2. The van der Waals surface area contributed by atoms with Gasteiger partial charge >= 0.3 is 0 Å². The Bertz CT molecular complexity index is 1550.